The molecule has 0 amide bonds. The van der Waals surface area contributed by atoms with Crippen molar-refractivity contribution in [2.75, 3.05) is 14.2 Å². The maximum Gasteiger partial charge on any atom is 0.160 e. The Labute approximate surface area is 102 Å². The summed E-state index contributed by atoms with van der Waals surface area (Å²) in [6.45, 7) is 0. The summed E-state index contributed by atoms with van der Waals surface area (Å²) in [7, 11) is 3.27. The molecule has 1 aliphatic rings. The summed E-state index contributed by atoms with van der Waals surface area (Å²) in [5, 5.41) is 10.0. The summed E-state index contributed by atoms with van der Waals surface area (Å²) in [5.74, 6) is 1.72. The first-order valence-electron chi connectivity index (χ1n) is 6.16. The van der Waals surface area contributed by atoms with Crippen molar-refractivity contribution in [1.29, 1.82) is 0 Å². The minimum absolute atomic E-state index is 0.221. The lowest BCUT2D eigenvalue weighted by molar-refractivity contribution is 0.106. The van der Waals surface area contributed by atoms with Crippen molar-refractivity contribution in [2.45, 2.75) is 37.7 Å². The molecule has 17 heavy (non-hydrogen) atoms. The largest absolute Gasteiger partial charge is 0.493 e. The van der Waals surface area contributed by atoms with Crippen LogP contribution in [0.1, 0.15) is 37.2 Å². The van der Waals surface area contributed by atoms with Gasteiger partial charge in [0.15, 0.2) is 11.5 Å². The molecule has 0 saturated heterocycles. The lowest BCUT2D eigenvalue weighted by atomic mass is 9.82. The molecule has 2 atom stereocenters. The third kappa shape index (κ3) is 2.55. The molecule has 2 rings (SSSR count). The van der Waals surface area contributed by atoms with Crippen LogP contribution in [0.15, 0.2) is 18.2 Å². The number of aliphatic hydroxyl groups excluding tert-OH is 1. The molecular formula is C14H20O3. The van der Waals surface area contributed by atoms with E-state index in [2.05, 4.69) is 0 Å². The van der Waals surface area contributed by atoms with E-state index in [1.54, 1.807) is 14.2 Å². The predicted molar refractivity (Wildman–Crippen MR) is 66.8 cm³/mol. The highest BCUT2D eigenvalue weighted by atomic mass is 16.5. The van der Waals surface area contributed by atoms with E-state index in [9.17, 15) is 5.11 Å². The van der Waals surface area contributed by atoms with Crippen molar-refractivity contribution in [1.82, 2.24) is 0 Å². The highest BCUT2D eigenvalue weighted by Crippen LogP contribution is 2.37. The second kappa shape index (κ2) is 5.41. The van der Waals surface area contributed by atoms with Gasteiger partial charge in [0, 0.05) is 5.92 Å². The van der Waals surface area contributed by atoms with E-state index >= 15 is 0 Å². The van der Waals surface area contributed by atoms with Crippen LogP contribution in [0.3, 0.4) is 0 Å². The molecule has 0 spiro atoms. The highest BCUT2D eigenvalue weighted by molar-refractivity contribution is 5.44. The van der Waals surface area contributed by atoms with Crippen LogP contribution in [0.2, 0.25) is 0 Å². The second-order valence-electron chi connectivity index (χ2n) is 4.57. The quantitative estimate of drug-likeness (QED) is 0.877. The number of hydrogen-bond acceptors (Lipinski definition) is 3. The molecule has 3 heteroatoms. The van der Waals surface area contributed by atoms with E-state index in [0.717, 1.165) is 36.3 Å². The first kappa shape index (κ1) is 12.2. The van der Waals surface area contributed by atoms with E-state index in [0.29, 0.717) is 0 Å². The van der Waals surface area contributed by atoms with Gasteiger partial charge < -0.3 is 14.6 Å². The van der Waals surface area contributed by atoms with Crippen LogP contribution < -0.4 is 9.47 Å². The zero-order chi connectivity index (χ0) is 12.3. The van der Waals surface area contributed by atoms with Crippen molar-refractivity contribution < 1.29 is 14.6 Å². The zero-order valence-electron chi connectivity index (χ0n) is 10.5. The summed E-state index contributed by atoms with van der Waals surface area (Å²) in [4.78, 5) is 0. The molecule has 1 aliphatic carbocycles. The summed E-state index contributed by atoms with van der Waals surface area (Å²) in [6, 6.07) is 5.92. The molecule has 0 bridgehead atoms. The van der Waals surface area contributed by atoms with Gasteiger partial charge in [-0.25, -0.2) is 0 Å². The fourth-order valence-electron chi connectivity index (χ4n) is 2.58. The van der Waals surface area contributed by atoms with Crippen LogP contribution in [0.5, 0.6) is 11.5 Å². The Morgan fingerprint density at radius 3 is 2.41 bits per heavy atom. The molecule has 0 aromatic heterocycles. The fourth-order valence-corrected chi connectivity index (χ4v) is 2.58. The molecule has 1 aromatic rings. The van der Waals surface area contributed by atoms with Crippen LogP contribution in [0, 0.1) is 0 Å². The minimum atomic E-state index is -0.221. The average Bonchev–Trinajstić information content (AvgIpc) is 2.38. The second-order valence-corrected chi connectivity index (χ2v) is 4.57. The van der Waals surface area contributed by atoms with Gasteiger partial charge in [0.2, 0.25) is 0 Å². The lowest BCUT2D eigenvalue weighted by Gasteiger charge is -2.28. The molecule has 0 unspecified atom stereocenters. The monoisotopic (exact) mass is 236 g/mol. The fraction of sp³-hybridized carbons (Fsp3) is 0.571. The summed E-state index contributed by atoms with van der Waals surface area (Å²) >= 11 is 0. The minimum Gasteiger partial charge on any atom is -0.493 e. The van der Waals surface area contributed by atoms with Gasteiger partial charge in [-0.15, -0.1) is 0 Å². The normalized spacial score (nSPS) is 24.4. The Bertz CT molecular complexity index is 376. The highest BCUT2D eigenvalue weighted by Gasteiger charge is 2.25. The smallest absolute Gasteiger partial charge is 0.160 e. The van der Waals surface area contributed by atoms with E-state index in [-0.39, 0.29) is 12.0 Å². The van der Waals surface area contributed by atoms with Gasteiger partial charge in [-0.1, -0.05) is 18.9 Å². The summed E-state index contributed by atoms with van der Waals surface area (Å²) < 4.78 is 10.5. The molecule has 0 aliphatic heterocycles. The third-order valence-corrected chi connectivity index (χ3v) is 3.57. The van der Waals surface area contributed by atoms with Crippen LogP contribution in [0.4, 0.5) is 0 Å². The van der Waals surface area contributed by atoms with Crippen molar-refractivity contribution in [3.05, 3.63) is 23.8 Å². The van der Waals surface area contributed by atoms with Gasteiger partial charge in [-0.05, 0) is 30.5 Å². The van der Waals surface area contributed by atoms with Gasteiger partial charge >= 0.3 is 0 Å². The van der Waals surface area contributed by atoms with Crippen LogP contribution >= 0.6 is 0 Å². The zero-order valence-corrected chi connectivity index (χ0v) is 10.5. The topological polar surface area (TPSA) is 38.7 Å². The van der Waals surface area contributed by atoms with Crippen molar-refractivity contribution in [2.24, 2.45) is 0 Å². The standard InChI is InChI=1S/C14H20O3/c1-16-13-8-7-10(9-14(13)17-2)11-5-3-4-6-12(11)15/h7-9,11-12,15H,3-6H2,1-2H3/t11-,12-/m0/s1. The average molecular weight is 236 g/mol. The van der Waals surface area contributed by atoms with Crippen LogP contribution in [-0.2, 0) is 0 Å². The first-order valence-corrected chi connectivity index (χ1v) is 6.16. The molecule has 0 radical (unpaired) electrons. The number of aliphatic hydroxyl groups is 1. The summed E-state index contributed by atoms with van der Waals surface area (Å²) in [5.41, 5.74) is 1.15. The molecule has 94 valence electrons. The molecule has 1 aromatic carbocycles. The Kier molecular flexibility index (Phi) is 3.89. The Hall–Kier alpha value is -1.22. The Morgan fingerprint density at radius 2 is 1.76 bits per heavy atom. The SMILES string of the molecule is COc1ccc([C@@H]2CCCC[C@@H]2O)cc1OC. The van der Waals surface area contributed by atoms with Crippen molar-refractivity contribution in [3.63, 3.8) is 0 Å². The van der Waals surface area contributed by atoms with E-state index < -0.39 is 0 Å². The molecule has 1 fully saturated rings. The van der Waals surface area contributed by atoms with Crippen molar-refractivity contribution in [3.8, 4) is 11.5 Å². The summed E-state index contributed by atoms with van der Waals surface area (Å²) in [6.07, 6.45) is 4.05. The maximum absolute atomic E-state index is 10.0. The molecule has 1 saturated carbocycles. The number of rotatable bonds is 3. The Morgan fingerprint density at radius 1 is 1.06 bits per heavy atom. The number of benzene rings is 1. The van der Waals surface area contributed by atoms with E-state index in [1.165, 1.54) is 6.42 Å². The van der Waals surface area contributed by atoms with Crippen LogP contribution in [-0.4, -0.2) is 25.4 Å². The van der Waals surface area contributed by atoms with Gasteiger partial charge in [0.05, 0.1) is 20.3 Å². The van der Waals surface area contributed by atoms with Gasteiger partial charge in [-0.2, -0.15) is 0 Å². The maximum atomic E-state index is 10.0. The molecular weight excluding hydrogens is 216 g/mol. The molecule has 0 heterocycles. The lowest BCUT2D eigenvalue weighted by Crippen LogP contribution is -2.22. The number of methoxy groups -OCH3 is 2. The van der Waals surface area contributed by atoms with Crippen LogP contribution in [0.25, 0.3) is 0 Å². The first-order chi connectivity index (χ1) is 8.26. The Balaban J connectivity index is 2.25. The third-order valence-electron chi connectivity index (χ3n) is 3.57. The molecule has 1 N–H and O–H groups in total. The van der Waals surface area contributed by atoms with E-state index in [4.69, 9.17) is 9.47 Å². The van der Waals surface area contributed by atoms with Gasteiger partial charge in [0.1, 0.15) is 0 Å². The number of hydrogen-bond donors (Lipinski definition) is 1. The number of ether oxygens (including phenoxy) is 2. The van der Waals surface area contributed by atoms with Gasteiger partial charge in [0.25, 0.3) is 0 Å². The molecule has 3 nitrogen and oxygen atoms in total. The van der Waals surface area contributed by atoms with Gasteiger partial charge in [-0.3, -0.25) is 0 Å². The predicted octanol–water partition coefficient (Wildman–Crippen LogP) is 2.72. The van der Waals surface area contributed by atoms with E-state index in [1.807, 2.05) is 18.2 Å². The van der Waals surface area contributed by atoms with Crippen molar-refractivity contribution >= 4 is 0 Å².